The van der Waals surface area contributed by atoms with Crippen LogP contribution in [0.25, 0.3) is 0 Å². The summed E-state index contributed by atoms with van der Waals surface area (Å²) < 4.78 is 16.3. The number of ketones is 1. The number of methoxy groups -OCH3 is 3. The van der Waals surface area contributed by atoms with Crippen LogP contribution in [0.2, 0.25) is 0 Å². The van der Waals surface area contributed by atoms with Crippen molar-refractivity contribution in [2.45, 2.75) is 31.1 Å². The van der Waals surface area contributed by atoms with Gasteiger partial charge in [0, 0.05) is 30.0 Å². The number of hydrogen-bond donors (Lipinski definition) is 1. The third-order valence-electron chi connectivity index (χ3n) is 5.90. The molecule has 1 aliphatic heterocycles. The molecule has 1 heterocycles. The lowest BCUT2D eigenvalue weighted by Crippen LogP contribution is -2.38. The van der Waals surface area contributed by atoms with E-state index >= 15 is 0 Å². The molecule has 0 radical (unpaired) electrons. The fraction of sp³-hybridized carbons (Fsp3) is 0.333. The zero-order valence-electron chi connectivity index (χ0n) is 17.4. The van der Waals surface area contributed by atoms with Gasteiger partial charge >= 0.3 is 0 Å². The van der Waals surface area contributed by atoms with E-state index in [1.54, 1.807) is 21.3 Å². The fourth-order valence-corrected chi connectivity index (χ4v) is 4.51. The number of hydrogen-bond acceptors (Lipinski definition) is 5. The summed E-state index contributed by atoms with van der Waals surface area (Å²) >= 11 is 0. The Bertz CT molecular complexity index is 987. The van der Waals surface area contributed by atoms with Crippen molar-refractivity contribution in [3.8, 4) is 17.2 Å². The number of ether oxygens (including phenoxy) is 3. The number of carbonyl (C=O) groups excluding carboxylic acids is 2. The van der Waals surface area contributed by atoms with E-state index in [2.05, 4.69) is 5.32 Å². The van der Waals surface area contributed by atoms with Crippen LogP contribution in [-0.2, 0) is 9.59 Å². The summed E-state index contributed by atoms with van der Waals surface area (Å²) in [4.78, 5) is 25.8. The lowest BCUT2D eigenvalue weighted by Gasteiger charge is -2.34. The van der Waals surface area contributed by atoms with E-state index in [0.29, 0.717) is 35.7 Å². The third-order valence-corrected chi connectivity index (χ3v) is 5.90. The summed E-state index contributed by atoms with van der Waals surface area (Å²) in [6, 6.07) is 13.6. The van der Waals surface area contributed by atoms with Gasteiger partial charge < -0.3 is 19.5 Å². The van der Waals surface area contributed by atoms with Crippen molar-refractivity contribution in [2.75, 3.05) is 21.3 Å². The maximum atomic E-state index is 13.2. The SMILES string of the molecule is COc1cc([C@H]2CC(=O)NC3=C2C(=O)C[C@H](c2ccccc2)C3)cc(OC)c1OC. The summed E-state index contributed by atoms with van der Waals surface area (Å²) in [5.41, 5.74) is 3.34. The third kappa shape index (κ3) is 3.54. The van der Waals surface area contributed by atoms with E-state index in [1.807, 2.05) is 42.5 Å². The Hall–Kier alpha value is -3.28. The van der Waals surface area contributed by atoms with Crippen LogP contribution in [0.3, 0.4) is 0 Å². The standard InChI is InChI=1S/C24H25NO5/c1-28-20-11-16(12-21(29-2)24(20)30-3)17-13-22(27)25-18-9-15(10-19(26)23(17)18)14-7-5-4-6-8-14/h4-8,11-12,15,17H,9-10,13H2,1-3H3,(H,25,27)/t15-,17-/m1/s1. The first-order chi connectivity index (χ1) is 14.5. The minimum absolute atomic E-state index is 0.0661. The Morgan fingerprint density at radius 3 is 2.10 bits per heavy atom. The second-order valence-electron chi connectivity index (χ2n) is 7.59. The van der Waals surface area contributed by atoms with E-state index in [9.17, 15) is 9.59 Å². The molecule has 6 heteroatoms. The van der Waals surface area contributed by atoms with Gasteiger partial charge in [-0.15, -0.1) is 0 Å². The van der Waals surface area contributed by atoms with E-state index in [0.717, 1.165) is 16.8 Å². The van der Waals surface area contributed by atoms with E-state index < -0.39 is 0 Å². The largest absolute Gasteiger partial charge is 0.493 e. The van der Waals surface area contributed by atoms with Gasteiger partial charge in [0.05, 0.1) is 21.3 Å². The zero-order valence-corrected chi connectivity index (χ0v) is 17.4. The summed E-state index contributed by atoms with van der Waals surface area (Å²) in [7, 11) is 4.65. The van der Waals surface area contributed by atoms with Crippen LogP contribution >= 0.6 is 0 Å². The summed E-state index contributed by atoms with van der Waals surface area (Å²) in [6.45, 7) is 0. The van der Waals surface area contributed by atoms with Gasteiger partial charge in [-0.05, 0) is 35.6 Å². The lowest BCUT2D eigenvalue weighted by molar-refractivity contribution is -0.122. The van der Waals surface area contributed by atoms with Crippen LogP contribution in [0.15, 0.2) is 53.7 Å². The van der Waals surface area contributed by atoms with Gasteiger partial charge in [-0.25, -0.2) is 0 Å². The molecule has 1 aliphatic carbocycles. The molecule has 0 saturated carbocycles. The predicted molar refractivity (Wildman–Crippen MR) is 112 cm³/mol. The van der Waals surface area contributed by atoms with Crippen LogP contribution in [0.1, 0.15) is 42.2 Å². The second kappa shape index (κ2) is 8.22. The van der Waals surface area contributed by atoms with Gasteiger partial charge in [0.15, 0.2) is 17.3 Å². The van der Waals surface area contributed by atoms with Crippen molar-refractivity contribution in [1.29, 1.82) is 0 Å². The van der Waals surface area contributed by atoms with Gasteiger partial charge in [-0.1, -0.05) is 30.3 Å². The van der Waals surface area contributed by atoms with E-state index in [-0.39, 0.29) is 29.9 Å². The van der Waals surface area contributed by atoms with Crippen LogP contribution in [0.5, 0.6) is 17.2 Å². The van der Waals surface area contributed by atoms with Crippen molar-refractivity contribution in [2.24, 2.45) is 0 Å². The predicted octanol–water partition coefficient (Wildman–Crippen LogP) is 3.72. The van der Waals surface area contributed by atoms with E-state index in [1.165, 1.54) is 0 Å². The van der Waals surface area contributed by atoms with Crippen LogP contribution in [0.4, 0.5) is 0 Å². The molecule has 30 heavy (non-hydrogen) atoms. The Morgan fingerprint density at radius 1 is 0.833 bits per heavy atom. The lowest BCUT2D eigenvalue weighted by atomic mass is 9.73. The maximum Gasteiger partial charge on any atom is 0.225 e. The molecule has 0 saturated heterocycles. The molecule has 0 aromatic heterocycles. The minimum atomic E-state index is -0.341. The fourth-order valence-electron chi connectivity index (χ4n) is 4.51. The highest BCUT2D eigenvalue weighted by molar-refractivity contribution is 6.02. The Morgan fingerprint density at radius 2 is 1.50 bits per heavy atom. The minimum Gasteiger partial charge on any atom is -0.493 e. The highest BCUT2D eigenvalue weighted by Gasteiger charge is 2.38. The van der Waals surface area contributed by atoms with Crippen molar-refractivity contribution < 1.29 is 23.8 Å². The maximum absolute atomic E-state index is 13.2. The Kier molecular flexibility index (Phi) is 5.48. The molecule has 2 aromatic carbocycles. The van der Waals surface area contributed by atoms with Crippen LogP contribution in [0, 0.1) is 0 Å². The molecule has 2 aromatic rings. The smallest absolute Gasteiger partial charge is 0.225 e. The number of benzene rings is 2. The number of rotatable bonds is 5. The molecule has 0 bridgehead atoms. The molecular weight excluding hydrogens is 382 g/mol. The average Bonchev–Trinajstić information content (AvgIpc) is 2.77. The van der Waals surface area contributed by atoms with Gasteiger partial charge in [-0.3, -0.25) is 9.59 Å². The molecule has 1 amide bonds. The molecule has 6 nitrogen and oxygen atoms in total. The molecule has 0 unspecified atom stereocenters. The molecule has 1 N–H and O–H groups in total. The van der Waals surface area contributed by atoms with Crippen molar-refractivity contribution in [1.82, 2.24) is 5.32 Å². The van der Waals surface area contributed by atoms with E-state index in [4.69, 9.17) is 14.2 Å². The summed E-state index contributed by atoms with van der Waals surface area (Å²) in [5.74, 6) is 1.20. The normalized spacial score (nSPS) is 21.0. The molecule has 2 atom stereocenters. The molecule has 0 spiro atoms. The van der Waals surface area contributed by atoms with Gasteiger partial charge in [-0.2, -0.15) is 0 Å². The molecule has 0 fully saturated rings. The highest BCUT2D eigenvalue weighted by atomic mass is 16.5. The summed E-state index contributed by atoms with van der Waals surface area (Å²) in [6.07, 6.45) is 1.27. The Labute approximate surface area is 175 Å². The second-order valence-corrected chi connectivity index (χ2v) is 7.59. The molecule has 4 rings (SSSR count). The molecule has 2 aliphatic rings. The number of nitrogens with one attached hydrogen (secondary N) is 1. The topological polar surface area (TPSA) is 73.9 Å². The van der Waals surface area contributed by atoms with Gasteiger partial charge in [0.1, 0.15) is 0 Å². The molecular formula is C24H25NO5. The quantitative estimate of drug-likeness (QED) is 0.818. The first-order valence-electron chi connectivity index (χ1n) is 9.96. The monoisotopic (exact) mass is 407 g/mol. The van der Waals surface area contributed by atoms with Crippen LogP contribution < -0.4 is 19.5 Å². The van der Waals surface area contributed by atoms with Crippen molar-refractivity contribution in [3.05, 3.63) is 64.9 Å². The number of allylic oxidation sites excluding steroid dienone is 2. The number of carbonyl (C=O) groups is 2. The summed E-state index contributed by atoms with van der Waals surface area (Å²) in [5, 5.41) is 2.96. The van der Waals surface area contributed by atoms with Crippen molar-refractivity contribution in [3.63, 3.8) is 0 Å². The van der Waals surface area contributed by atoms with Gasteiger partial charge in [0.2, 0.25) is 11.7 Å². The Balaban J connectivity index is 1.77. The zero-order chi connectivity index (χ0) is 21.3. The highest BCUT2D eigenvalue weighted by Crippen LogP contribution is 2.46. The van der Waals surface area contributed by atoms with Crippen LogP contribution in [-0.4, -0.2) is 33.0 Å². The van der Waals surface area contributed by atoms with Crippen molar-refractivity contribution >= 4 is 11.7 Å². The average molecular weight is 407 g/mol. The number of amides is 1. The van der Waals surface area contributed by atoms with Gasteiger partial charge in [0.25, 0.3) is 0 Å². The molecule has 156 valence electrons. The first kappa shape index (κ1) is 20.0. The number of Topliss-reactive ketones (excluding diaryl/α,β-unsaturated/α-hetero) is 1. The first-order valence-corrected chi connectivity index (χ1v) is 9.96.